The van der Waals surface area contributed by atoms with E-state index in [1.165, 1.54) is 13.2 Å². The summed E-state index contributed by atoms with van der Waals surface area (Å²) in [6.45, 7) is 0. The maximum absolute atomic E-state index is 11.2. The van der Waals surface area contributed by atoms with Crippen LogP contribution in [0.4, 0.5) is 0 Å². The van der Waals surface area contributed by atoms with E-state index >= 15 is 0 Å². The van der Waals surface area contributed by atoms with E-state index < -0.39 is 5.97 Å². The minimum Gasteiger partial charge on any atom is -0.465 e. The monoisotopic (exact) mass is 188 g/mol. The van der Waals surface area contributed by atoms with Crippen molar-refractivity contribution in [3.8, 4) is 0 Å². The number of methoxy groups -OCH3 is 1. The molecule has 0 fully saturated rings. The topological polar surface area (TPSA) is 43.4 Å². The molecule has 0 spiro atoms. The second-order valence-electron chi connectivity index (χ2n) is 2.70. The Bertz CT molecular complexity index is 329. The standard InChI is InChI=1S/C10H9BO3/c1-14-10(13)8-4-2-3-7(5-8)9(12)6-11/h2-5H,6H2,1H3. The molecule has 1 aromatic rings. The van der Waals surface area contributed by atoms with Gasteiger partial charge in [-0.25, -0.2) is 4.79 Å². The molecule has 70 valence electrons. The average Bonchev–Trinajstić information content (AvgIpc) is 2.27. The minimum absolute atomic E-state index is 0.0649. The summed E-state index contributed by atoms with van der Waals surface area (Å²) in [5, 5.41) is 0. The zero-order valence-electron chi connectivity index (χ0n) is 7.82. The van der Waals surface area contributed by atoms with Crippen LogP contribution >= 0.6 is 0 Å². The van der Waals surface area contributed by atoms with Crippen molar-refractivity contribution in [3.63, 3.8) is 0 Å². The molecule has 1 rings (SSSR count). The van der Waals surface area contributed by atoms with Gasteiger partial charge in [0.05, 0.1) is 20.5 Å². The number of ether oxygens (including phenoxy) is 1. The number of esters is 1. The van der Waals surface area contributed by atoms with E-state index in [9.17, 15) is 9.59 Å². The van der Waals surface area contributed by atoms with Crippen LogP contribution in [0, 0.1) is 0 Å². The van der Waals surface area contributed by atoms with Crippen LogP contribution in [0.1, 0.15) is 20.7 Å². The van der Waals surface area contributed by atoms with E-state index in [2.05, 4.69) is 4.74 Å². The van der Waals surface area contributed by atoms with Crippen molar-refractivity contribution in [3.05, 3.63) is 35.4 Å². The largest absolute Gasteiger partial charge is 0.465 e. The van der Waals surface area contributed by atoms with E-state index in [1.807, 2.05) is 0 Å². The quantitative estimate of drug-likeness (QED) is 0.407. The fourth-order valence-electron chi connectivity index (χ4n) is 1.06. The van der Waals surface area contributed by atoms with E-state index in [0.29, 0.717) is 11.1 Å². The second-order valence-corrected chi connectivity index (χ2v) is 2.70. The van der Waals surface area contributed by atoms with Gasteiger partial charge in [0, 0.05) is 5.56 Å². The number of ketones is 1. The molecule has 0 N–H and O–H groups in total. The van der Waals surface area contributed by atoms with Crippen molar-refractivity contribution >= 4 is 19.6 Å². The third-order valence-corrected chi connectivity index (χ3v) is 1.79. The highest BCUT2D eigenvalue weighted by Crippen LogP contribution is 2.08. The number of hydrogen-bond donors (Lipinski definition) is 0. The summed E-state index contributed by atoms with van der Waals surface area (Å²) in [7, 11) is 6.49. The summed E-state index contributed by atoms with van der Waals surface area (Å²) in [5.74, 6) is -0.660. The van der Waals surface area contributed by atoms with Crippen LogP contribution in [0.2, 0.25) is 6.32 Å². The maximum atomic E-state index is 11.2. The van der Waals surface area contributed by atoms with Gasteiger partial charge in [-0.05, 0) is 18.5 Å². The molecule has 0 heterocycles. The van der Waals surface area contributed by atoms with E-state index in [4.69, 9.17) is 7.85 Å². The fraction of sp³-hybridized carbons (Fsp3) is 0.200. The van der Waals surface area contributed by atoms with E-state index in [0.717, 1.165) is 0 Å². The first-order chi connectivity index (χ1) is 6.69. The third-order valence-electron chi connectivity index (χ3n) is 1.79. The first-order valence-corrected chi connectivity index (χ1v) is 4.10. The summed E-state index contributed by atoms with van der Waals surface area (Å²) in [5.41, 5.74) is 0.780. The van der Waals surface area contributed by atoms with Crippen LogP contribution in [0.25, 0.3) is 0 Å². The summed E-state index contributed by atoms with van der Waals surface area (Å²) in [6.07, 6.45) is -0.0649. The highest BCUT2D eigenvalue weighted by molar-refractivity contribution is 6.24. The van der Waals surface area contributed by atoms with Gasteiger partial charge < -0.3 is 4.74 Å². The van der Waals surface area contributed by atoms with Crippen molar-refractivity contribution in [2.75, 3.05) is 7.11 Å². The fourth-order valence-corrected chi connectivity index (χ4v) is 1.06. The van der Waals surface area contributed by atoms with Gasteiger partial charge >= 0.3 is 5.97 Å². The van der Waals surface area contributed by atoms with E-state index in [1.54, 1.807) is 18.2 Å². The molecule has 0 atom stereocenters. The van der Waals surface area contributed by atoms with Gasteiger partial charge in [-0.15, -0.1) is 0 Å². The summed E-state index contributed by atoms with van der Waals surface area (Å²) >= 11 is 0. The smallest absolute Gasteiger partial charge is 0.337 e. The highest BCUT2D eigenvalue weighted by atomic mass is 16.5. The lowest BCUT2D eigenvalue weighted by atomic mass is 9.95. The lowest BCUT2D eigenvalue weighted by molar-refractivity contribution is 0.0600. The molecular weight excluding hydrogens is 179 g/mol. The predicted molar refractivity (Wildman–Crippen MR) is 52.7 cm³/mol. The zero-order valence-corrected chi connectivity index (χ0v) is 7.82. The Kier molecular flexibility index (Phi) is 3.45. The van der Waals surface area contributed by atoms with Gasteiger partial charge in [-0.2, -0.15) is 0 Å². The molecule has 2 radical (unpaired) electrons. The Morgan fingerprint density at radius 2 is 2.00 bits per heavy atom. The normalized spacial score (nSPS) is 9.50. The Hall–Kier alpha value is -1.58. The van der Waals surface area contributed by atoms with Crippen LogP contribution in [0.5, 0.6) is 0 Å². The van der Waals surface area contributed by atoms with Crippen LogP contribution in [-0.4, -0.2) is 26.7 Å². The number of rotatable bonds is 3. The van der Waals surface area contributed by atoms with Gasteiger partial charge in [0.15, 0.2) is 5.78 Å². The third kappa shape index (κ3) is 2.22. The number of Topliss-reactive ketones (excluding diaryl/α,β-unsaturated/α-hetero) is 1. The average molecular weight is 188 g/mol. The molecule has 4 heteroatoms. The Labute approximate surface area is 83.5 Å². The SMILES string of the molecule is [B]CC(=O)c1cccc(C(=O)OC)c1. The summed E-state index contributed by atoms with van der Waals surface area (Å²) in [4.78, 5) is 22.3. The maximum Gasteiger partial charge on any atom is 0.337 e. The summed E-state index contributed by atoms with van der Waals surface area (Å²) in [6, 6.07) is 6.29. The Morgan fingerprint density at radius 1 is 1.36 bits per heavy atom. The molecule has 1 aromatic carbocycles. The Balaban J connectivity index is 3.01. The van der Waals surface area contributed by atoms with Crippen molar-refractivity contribution in [1.82, 2.24) is 0 Å². The second kappa shape index (κ2) is 4.60. The number of hydrogen-bond acceptors (Lipinski definition) is 3. The molecule has 14 heavy (non-hydrogen) atoms. The molecule has 0 aliphatic rings. The first-order valence-electron chi connectivity index (χ1n) is 4.10. The van der Waals surface area contributed by atoms with Gasteiger partial charge in [0.2, 0.25) is 0 Å². The summed E-state index contributed by atoms with van der Waals surface area (Å²) < 4.78 is 4.52. The molecule has 0 amide bonds. The highest BCUT2D eigenvalue weighted by Gasteiger charge is 2.08. The van der Waals surface area contributed by atoms with Crippen LogP contribution < -0.4 is 0 Å². The van der Waals surface area contributed by atoms with Gasteiger partial charge in [0.25, 0.3) is 0 Å². The van der Waals surface area contributed by atoms with Crippen molar-refractivity contribution in [1.29, 1.82) is 0 Å². The van der Waals surface area contributed by atoms with Crippen LogP contribution in [0.15, 0.2) is 24.3 Å². The van der Waals surface area contributed by atoms with E-state index in [-0.39, 0.29) is 12.1 Å². The molecule has 0 aromatic heterocycles. The minimum atomic E-state index is -0.461. The molecule has 3 nitrogen and oxygen atoms in total. The number of carbonyl (C=O) groups excluding carboxylic acids is 2. The molecule has 0 aliphatic carbocycles. The molecule has 0 unspecified atom stereocenters. The van der Waals surface area contributed by atoms with Gasteiger partial charge in [0.1, 0.15) is 0 Å². The van der Waals surface area contributed by atoms with Crippen LogP contribution in [-0.2, 0) is 4.74 Å². The van der Waals surface area contributed by atoms with Crippen molar-refractivity contribution in [2.45, 2.75) is 6.32 Å². The van der Waals surface area contributed by atoms with Crippen LogP contribution in [0.3, 0.4) is 0 Å². The molecule has 0 bridgehead atoms. The molecule has 0 saturated heterocycles. The zero-order chi connectivity index (χ0) is 10.6. The van der Waals surface area contributed by atoms with Gasteiger partial charge in [-0.1, -0.05) is 12.1 Å². The molecular formula is C10H9BO3. The van der Waals surface area contributed by atoms with Crippen molar-refractivity contribution in [2.24, 2.45) is 0 Å². The number of benzene rings is 1. The number of carbonyl (C=O) groups is 2. The van der Waals surface area contributed by atoms with Gasteiger partial charge in [-0.3, -0.25) is 4.79 Å². The lowest BCUT2D eigenvalue weighted by Gasteiger charge is -2.01. The molecule has 0 saturated carbocycles. The van der Waals surface area contributed by atoms with Crippen molar-refractivity contribution < 1.29 is 14.3 Å². The first kappa shape index (κ1) is 10.5. The Morgan fingerprint density at radius 3 is 2.57 bits per heavy atom. The lowest BCUT2D eigenvalue weighted by Crippen LogP contribution is -2.04. The molecule has 0 aliphatic heterocycles. The predicted octanol–water partition coefficient (Wildman–Crippen LogP) is 1.24.